The quantitative estimate of drug-likeness (QED) is 0.753. The van der Waals surface area contributed by atoms with Gasteiger partial charge in [0.25, 0.3) is 0 Å². The maximum absolute atomic E-state index is 10.8. The molecule has 1 aromatic rings. The summed E-state index contributed by atoms with van der Waals surface area (Å²) in [6, 6.07) is 6.44. The molecular formula is C12H16N2O. The smallest absolute Gasteiger partial charge is 0.217 e. The van der Waals surface area contributed by atoms with E-state index in [-0.39, 0.29) is 5.91 Å². The molecule has 0 saturated carbocycles. The van der Waals surface area contributed by atoms with Crippen molar-refractivity contribution < 1.29 is 4.79 Å². The van der Waals surface area contributed by atoms with Crippen LogP contribution in [0.3, 0.4) is 0 Å². The van der Waals surface area contributed by atoms with E-state index in [1.165, 1.54) is 16.7 Å². The van der Waals surface area contributed by atoms with Crippen LogP contribution in [0.4, 0.5) is 0 Å². The zero-order chi connectivity index (χ0) is 10.7. The predicted octanol–water partition coefficient (Wildman–Crippen LogP) is 0.968. The van der Waals surface area contributed by atoms with Gasteiger partial charge in [-0.15, -0.1) is 0 Å². The summed E-state index contributed by atoms with van der Waals surface area (Å²) in [5.74, 6) is 0.0226. The van der Waals surface area contributed by atoms with Gasteiger partial charge >= 0.3 is 0 Å². The number of hydrogen-bond donors (Lipinski definition) is 2. The molecule has 0 unspecified atom stereocenters. The second-order valence-electron chi connectivity index (χ2n) is 3.94. The summed E-state index contributed by atoms with van der Waals surface area (Å²) in [4.78, 5) is 10.8. The van der Waals surface area contributed by atoms with Crippen LogP contribution >= 0.6 is 0 Å². The van der Waals surface area contributed by atoms with Gasteiger partial charge in [-0.05, 0) is 29.7 Å². The molecule has 2 rings (SSSR count). The van der Waals surface area contributed by atoms with Gasteiger partial charge in [0.1, 0.15) is 0 Å². The zero-order valence-electron chi connectivity index (χ0n) is 8.97. The molecule has 1 aliphatic heterocycles. The van der Waals surface area contributed by atoms with Gasteiger partial charge in [0.2, 0.25) is 5.91 Å². The number of carbonyl (C=O) groups is 1. The Morgan fingerprint density at radius 3 is 3.13 bits per heavy atom. The Morgan fingerprint density at radius 1 is 1.47 bits per heavy atom. The first-order chi connectivity index (χ1) is 7.25. The third-order valence-electron chi connectivity index (χ3n) is 2.70. The number of rotatable bonds is 2. The Hall–Kier alpha value is -1.35. The molecule has 1 aliphatic rings. The molecule has 80 valence electrons. The van der Waals surface area contributed by atoms with Crippen LogP contribution in [0.2, 0.25) is 0 Å². The van der Waals surface area contributed by atoms with E-state index in [4.69, 9.17) is 0 Å². The first-order valence-corrected chi connectivity index (χ1v) is 5.31. The summed E-state index contributed by atoms with van der Waals surface area (Å²) in [5.41, 5.74) is 3.98. The SMILES string of the molecule is CC(=O)NCc1ccc2c(c1)CCNC2. The third-order valence-corrected chi connectivity index (χ3v) is 2.70. The molecule has 2 N–H and O–H groups in total. The lowest BCUT2D eigenvalue weighted by Gasteiger charge is -2.17. The van der Waals surface area contributed by atoms with Crippen LogP contribution in [-0.4, -0.2) is 12.5 Å². The Bertz CT molecular complexity index is 374. The van der Waals surface area contributed by atoms with Crippen LogP contribution in [0, 0.1) is 0 Å². The summed E-state index contributed by atoms with van der Waals surface area (Å²) >= 11 is 0. The summed E-state index contributed by atoms with van der Waals surface area (Å²) in [6.07, 6.45) is 1.09. The average molecular weight is 204 g/mol. The standard InChI is InChI=1S/C12H16N2O/c1-9(15)14-7-10-2-3-12-8-13-5-4-11(12)6-10/h2-3,6,13H,4-5,7-8H2,1H3,(H,14,15). The topological polar surface area (TPSA) is 41.1 Å². The molecule has 3 heteroatoms. The fourth-order valence-corrected chi connectivity index (χ4v) is 1.87. The van der Waals surface area contributed by atoms with E-state index >= 15 is 0 Å². The fourth-order valence-electron chi connectivity index (χ4n) is 1.87. The molecule has 0 fully saturated rings. The molecule has 0 radical (unpaired) electrons. The molecule has 3 nitrogen and oxygen atoms in total. The maximum atomic E-state index is 10.8. The van der Waals surface area contributed by atoms with Gasteiger partial charge in [0.05, 0.1) is 0 Å². The average Bonchev–Trinajstić information content (AvgIpc) is 2.26. The van der Waals surface area contributed by atoms with Crippen LogP contribution in [0.25, 0.3) is 0 Å². The Kier molecular flexibility index (Phi) is 3.02. The highest BCUT2D eigenvalue weighted by Crippen LogP contribution is 2.15. The lowest BCUT2D eigenvalue weighted by Crippen LogP contribution is -2.24. The number of fused-ring (bicyclic) bond motifs is 1. The molecule has 0 atom stereocenters. The lowest BCUT2D eigenvalue weighted by molar-refractivity contribution is -0.119. The van der Waals surface area contributed by atoms with Gasteiger partial charge in [-0.1, -0.05) is 18.2 Å². The number of hydrogen-bond acceptors (Lipinski definition) is 2. The van der Waals surface area contributed by atoms with E-state index < -0.39 is 0 Å². The summed E-state index contributed by atoms with van der Waals surface area (Å²) in [5, 5.41) is 6.15. The molecule has 15 heavy (non-hydrogen) atoms. The van der Waals surface area contributed by atoms with E-state index in [0.29, 0.717) is 6.54 Å². The molecule has 1 heterocycles. The molecule has 0 aromatic heterocycles. The molecule has 0 aliphatic carbocycles. The van der Waals surface area contributed by atoms with Crippen LogP contribution in [-0.2, 0) is 24.3 Å². The highest BCUT2D eigenvalue weighted by molar-refractivity contribution is 5.72. The van der Waals surface area contributed by atoms with Gasteiger partial charge in [-0.2, -0.15) is 0 Å². The van der Waals surface area contributed by atoms with E-state index in [1.807, 2.05) is 0 Å². The molecule has 1 amide bonds. The third kappa shape index (κ3) is 2.57. The van der Waals surface area contributed by atoms with Gasteiger partial charge in [0.15, 0.2) is 0 Å². The second-order valence-corrected chi connectivity index (χ2v) is 3.94. The van der Waals surface area contributed by atoms with Crippen molar-refractivity contribution in [3.05, 3.63) is 34.9 Å². The van der Waals surface area contributed by atoms with Crippen molar-refractivity contribution in [2.75, 3.05) is 6.54 Å². The number of nitrogens with one attached hydrogen (secondary N) is 2. The van der Waals surface area contributed by atoms with Gasteiger partial charge in [-0.25, -0.2) is 0 Å². The van der Waals surface area contributed by atoms with E-state index in [2.05, 4.69) is 28.8 Å². The molecular weight excluding hydrogens is 188 g/mol. The zero-order valence-corrected chi connectivity index (χ0v) is 8.97. The molecule has 1 aromatic carbocycles. The van der Waals surface area contributed by atoms with Gasteiger partial charge < -0.3 is 10.6 Å². The van der Waals surface area contributed by atoms with Crippen molar-refractivity contribution >= 4 is 5.91 Å². The number of carbonyl (C=O) groups excluding carboxylic acids is 1. The van der Waals surface area contributed by atoms with Gasteiger partial charge in [-0.3, -0.25) is 4.79 Å². The summed E-state index contributed by atoms with van der Waals surface area (Å²) in [6.45, 7) is 4.20. The summed E-state index contributed by atoms with van der Waals surface area (Å²) < 4.78 is 0. The monoisotopic (exact) mass is 204 g/mol. The first-order valence-electron chi connectivity index (χ1n) is 5.31. The molecule has 0 spiro atoms. The van der Waals surface area contributed by atoms with Crippen molar-refractivity contribution in [3.8, 4) is 0 Å². The number of amides is 1. The predicted molar refractivity (Wildman–Crippen MR) is 59.4 cm³/mol. The molecule has 0 bridgehead atoms. The Labute approximate surface area is 89.9 Å². The first kappa shape index (κ1) is 10.2. The van der Waals surface area contributed by atoms with Crippen LogP contribution in [0.1, 0.15) is 23.6 Å². The maximum Gasteiger partial charge on any atom is 0.217 e. The largest absolute Gasteiger partial charge is 0.352 e. The number of benzene rings is 1. The normalized spacial score (nSPS) is 14.5. The Morgan fingerprint density at radius 2 is 2.33 bits per heavy atom. The van der Waals surface area contributed by atoms with Gasteiger partial charge in [0, 0.05) is 20.0 Å². The van der Waals surface area contributed by atoms with Crippen molar-refractivity contribution in [3.63, 3.8) is 0 Å². The lowest BCUT2D eigenvalue weighted by atomic mass is 9.98. The highest BCUT2D eigenvalue weighted by atomic mass is 16.1. The molecule has 0 saturated heterocycles. The fraction of sp³-hybridized carbons (Fsp3) is 0.417. The van der Waals surface area contributed by atoms with E-state index in [9.17, 15) is 4.79 Å². The van der Waals surface area contributed by atoms with Crippen LogP contribution in [0.5, 0.6) is 0 Å². The highest BCUT2D eigenvalue weighted by Gasteiger charge is 2.08. The summed E-state index contributed by atoms with van der Waals surface area (Å²) in [7, 11) is 0. The van der Waals surface area contributed by atoms with Crippen LogP contribution < -0.4 is 10.6 Å². The minimum absolute atomic E-state index is 0.0226. The van der Waals surface area contributed by atoms with E-state index in [0.717, 1.165) is 19.5 Å². The van der Waals surface area contributed by atoms with Crippen molar-refractivity contribution in [2.24, 2.45) is 0 Å². The Balaban J connectivity index is 2.10. The van der Waals surface area contributed by atoms with Crippen molar-refractivity contribution in [1.82, 2.24) is 10.6 Å². The van der Waals surface area contributed by atoms with E-state index in [1.54, 1.807) is 6.92 Å². The second kappa shape index (κ2) is 4.45. The van der Waals surface area contributed by atoms with Crippen LogP contribution in [0.15, 0.2) is 18.2 Å². The minimum atomic E-state index is 0.0226. The minimum Gasteiger partial charge on any atom is -0.352 e. The van der Waals surface area contributed by atoms with Crippen molar-refractivity contribution in [2.45, 2.75) is 26.4 Å². The van der Waals surface area contributed by atoms with Crippen molar-refractivity contribution in [1.29, 1.82) is 0 Å².